The van der Waals surface area contributed by atoms with Crippen molar-refractivity contribution in [2.45, 2.75) is 37.0 Å². The number of nitrogens with zero attached hydrogens (tertiary/aromatic N) is 3. The predicted molar refractivity (Wildman–Crippen MR) is 185 cm³/mol. The molecule has 3 aromatic rings. The summed E-state index contributed by atoms with van der Waals surface area (Å²) in [6.07, 6.45) is 3.06. The number of carbonyl (C=O) groups is 1. The molecule has 2 aliphatic rings. The molecule has 2 heterocycles. The van der Waals surface area contributed by atoms with E-state index in [9.17, 15) is 4.79 Å². The minimum Gasteiger partial charge on any atom is -0.497 e. The average molecular weight is 664 g/mol. The Balaban J connectivity index is 0.00000264. The first-order valence-electron chi connectivity index (χ1n) is 15.0. The molecule has 0 spiro atoms. The summed E-state index contributed by atoms with van der Waals surface area (Å²) in [5.74, 6) is 2.51. The molecule has 0 bridgehead atoms. The third kappa shape index (κ3) is 8.42. The van der Waals surface area contributed by atoms with Crippen LogP contribution in [0.4, 0.5) is 5.69 Å². The fraction of sp³-hybridized carbons (Fsp3) is 0.441. The van der Waals surface area contributed by atoms with Gasteiger partial charge in [0.1, 0.15) is 23.4 Å². The molecule has 1 saturated heterocycles. The Morgan fingerprint density at radius 1 is 0.841 bits per heavy atom. The molecule has 0 N–H and O–H groups in total. The van der Waals surface area contributed by atoms with E-state index in [0.717, 1.165) is 91.9 Å². The maximum atomic E-state index is 13.6. The average Bonchev–Trinajstić information content (AvgIpc) is 3.03. The van der Waals surface area contributed by atoms with Crippen LogP contribution in [0.3, 0.4) is 0 Å². The summed E-state index contributed by atoms with van der Waals surface area (Å²) in [7, 11) is 5.39. The minimum atomic E-state index is -0.161. The molecular weight excluding hydrogens is 617 g/mol. The van der Waals surface area contributed by atoms with Gasteiger partial charge in [-0.3, -0.25) is 0 Å². The van der Waals surface area contributed by atoms with E-state index >= 15 is 0 Å². The van der Waals surface area contributed by atoms with E-state index in [-0.39, 0.29) is 40.5 Å². The number of para-hydroxylation sites is 2. The molecule has 0 aromatic heterocycles. The number of amides is 1. The molecular formula is C34H46Cl2N3O4S+. The highest BCUT2D eigenvalue weighted by Gasteiger charge is 2.47. The van der Waals surface area contributed by atoms with E-state index < -0.39 is 0 Å². The number of carbonyl (C=O) groups excluding carboxylic acids is 1. The number of hydrogen-bond acceptors (Lipinski definition) is 7. The van der Waals surface area contributed by atoms with Crippen molar-refractivity contribution in [3.63, 3.8) is 0 Å². The van der Waals surface area contributed by atoms with Crippen LogP contribution in [0.2, 0.25) is 0 Å². The van der Waals surface area contributed by atoms with Crippen molar-refractivity contribution in [3.8, 4) is 17.2 Å². The van der Waals surface area contributed by atoms with Crippen molar-refractivity contribution < 1.29 is 19.0 Å². The fourth-order valence-corrected chi connectivity index (χ4v) is 7.30. The standard InChI is InChI=1S/C34H44N3O4S.2ClH/c1-26-30-11-5-8-14-33(30)42-37(2,34(26)38)31-12-6-7-13-32(31)41-22-10-9-16-35-18-20-36(21-19-35)17-15-27-23-28(39-3)25-29(24-27)40-4;;/h5-8,11-14,23-26H,9-10,15-22H2,1-4H3;2*1H/q+1;;. The molecule has 3 aromatic carbocycles. The van der Waals surface area contributed by atoms with Crippen molar-refractivity contribution in [1.29, 1.82) is 0 Å². The van der Waals surface area contributed by atoms with Gasteiger partial charge in [0.25, 0.3) is 0 Å². The summed E-state index contributed by atoms with van der Waals surface area (Å²) in [6.45, 7) is 9.16. The number of benzene rings is 3. The number of unbranched alkanes of at least 4 members (excludes halogenated alkanes) is 1. The molecule has 10 heteroatoms. The van der Waals surface area contributed by atoms with Gasteiger partial charge in [-0.05, 0) is 68.1 Å². The van der Waals surface area contributed by atoms with Crippen molar-refractivity contribution in [2.75, 3.05) is 67.1 Å². The summed E-state index contributed by atoms with van der Waals surface area (Å²) < 4.78 is 17.3. The number of halogens is 2. The summed E-state index contributed by atoms with van der Waals surface area (Å²) >= 11 is 1.59. The Bertz CT molecular complexity index is 1350. The molecule has 44 heavy (non-hydrogen) atoms. The number of ether oxygens (including phenoxy) is 3. The number of hydrogen-bond donors (Lipinski definition) is 0. The number of rotatable bonds is 12. The first-order chi connectivity index (χ1) is 20.4. The van der Waals surface area contributed by atoms with Gasteiger partial charge in [0.2, 0.25) is 0 Å². The van der Waals surface area contributed by atoms with Crippen molar-refractivity contribution in [1.82, 2.24) is 13.7 Å². The number of fused-ring (bicyclic) bond motifs is 1. The number of piperazine rings is 1. The van der Waals surface area contributed by atoms with E-state index in [4.69, 9.17) is 14.2 Å². The van der Waals surface area contributed by atoms with Crippen LogP contribution < -0.4 is 18.1 Å². The fourth-order valence-electron chi connectivity index (χ4n) is 5.92. The monoisotopic (exact) mass is 662 g/mol. The lowest BCUT2D eigenvalue weighted by Gasteiger charge is -2.36. The Hall–Kier alpha value is -2.46. The van der Waals surface area contributed by atoms with Gasteiger partial charge in [0.05, 0.1) is 38.7 Å². The van der Waals surface area contributed by atoms with Crippen LogP contribution >= 0.6 is 36.8 Å². The van der Waals surface area contributed by atoms with E-state index in [1.54, 1.807) is 26.2 Å². The van der Waals surface area contributed by atoms with Crippen LogP contribution in [0, 0.1) is 0 Å². The van der Waals surface area contributed by atoms with Gasteiger partial charge in [-0.25, -0.2) is 4.79 Å². The van der Waals surface area contributed by atoms with Gasteiger partial charge in [-0.15, -0.1) is 24.8 Å². The highest BCUT2D eigenvalue weighted by molar-refractivity contribution is 7.99. The highest BCUT2D eigenvalue weighted by Crippen LogP contribution is 2.49. The quantitative estimate of drug-likeness (QED) is 0.119. The van der Waals surface area contributed by atoms with Gasteiger partial charge in [0.15, 0.2) is 11.4 Å². The summed E-state index contributed by atoms with van der Waals surface area (Å²) in [5, 5.41) is 0. The minimum absolute atomic E-state index is 0. The van der Waals surface area contributed by atoms with Gasteiger partial charge < -0.3 is 24.0 Å². The van der Waals surface area contributed by atoms with Crippen LogP contribution in [0.25, 0.3) is 0 Å². The first-order valence-corrected chi connectivity index (χ1v) is 15.8. The largest absolute Gasteiger partial charge is 0.497 e. The number of methoxy groups -OCH3 is 2. The third-order valence-electron chi connectivity index (χ3n) is 8.50. The Labute approximate surface area is 279 Å². The maximum Gasteiger partial charge on any atom is 0.337 e. The van der Waals surface area contributed by atoms with E-state index in [0.29, 0.717) is 6.61 Å². The van der Waals surface area contributed by atoms with Crippen LogP contribution in [-0.2, 0) is 11.2 Å². The van der Waals surface area contributed by atoms with Crippen LogP contribution in [0.5, 0.6) is 17.2 Å². The molecule has 240 valence electrons. The molecule has 0 saturated carbocycles. The second-order valence-electron chi connectivity index (χ2n) is 11.3. The van der Waals surface area contributed by atoms with Gasteiger partial charge in [-0.2, -0.15) is 3.89 Å². The molecule has 5 rings (SSSR count). The third-order valence-corrected chi connectivity index (χ3v) is 9.81. The van der Waals surface area contributed by atoms with Gasteiger partial charge in [0, 0.05) is 44.9 Å². The molecule has 0 radical (unpaired) electrons. The zero-order valence-corrected chi connectivity index (χ0v) is 28.6. The van der Waals surface area contributed by atoms with Crippen LogP contribution in [-0.4, -0.2) is 82.8 Å². The zero-order chi connectivity index (χ0) is 29.5. The predicted octanol–water partition coefficient (Wildman–Crippen LogP) is 6.85. The Kier molecular flexibility index (Phi) is 13.7. The van der Waals surface area contributed by atoms with Crippen molar-refractivity contribution >= 4 is 48.4 Å². The lowest BCUT2D eigenvalue weighted by atomic mass is 9.99. The summed E-state index contributed by atoms with van der Waals surface area (Å²) in [5.41, 5.74) is 3.27. The molecule has 2 unspecified atom stereocenters. The number of likely N-dealkylation sites (N-methyl/N-ethyl adjacent to an activating group) is 1. The maximum absolute atomic E-state index is 13.6. The smallest absolute Gasteiger partial charge is 0.337 e. The summed E-state index contributed by atoms with van der Waals surface area (Å²) in [4.78, 5) is 19.8. The van der Waals surface area contributed by atoms with Gasteiger partial charge >= 0.3 is 5.91 Å². The normalized spacial score (nSPS) is 20.2. The van der Waals surface area contributed by atoms with Crippen molar-refractivity contribution in [2.24, 2.45) is 0 Å². The van der Waals surface area contributed by atoms with Crippen molar-refractivity contribution in [3.05, 3.63) is 77.9 Å². The SMILES string of the molecule is COc1cc(CCN2CCN(CCCCOc3ccccc3[N+]3(C)Sc4ccccc4C(C)C3=O)CC2)cc(OC)c1.Cl.Cl. The molecule has 2 aliphatic heterocycles. The van der Waals surface area contributed by atoms with E-state index in [1.165, 1.54) is 5.56 Å². The molecule has 0 aliphatic carbocycles. The lowest BCUT2D eigenvalue weighted by molar-refractivity contribution is -0.126. The molecule has 1 fully saturated rings. The van der Waals surface area contributed by atoms with Crippen LogP contribution in [0.1, 0.15) is 36.8 Å². The van der Waals surface area contributed by atoms with E-state index in [2.05, 4.69) is 34.1 Å². The van der Waals surface area contributed by atoms with Gasteiger partial charge in [-0.1, -0.05) is 30.3 Å². The number of quaternary nitrogens is 1. The first kappa shape index (κ1) is 36.0. The van der Waals surface area contributed by atoms with E-state index in [1.807, 2.05) is 56.4 Å². The molecule has 1 amide bonds. The zero-order valence-electron chi connectivity index (χ0n) is 26.2. The molecule has 7 nitrogen and oxygen atoms in total. The lowest BCUT2D eigenvalue weighted by Crippen LogP contribution is -2.48. The second-order valence-corrected chi connectivity index (χ2v) is 12.6. The highest BCUT2D eigenvalue weighted by atomic mass is 35.5. The summed E-state index contributed by atoms with van der Waals surface area (Å²) in [6, 6.07) is 22.4. The Morgan fingerprint density at radius 3 is 2.14 bits per heavy atom. The van der Waals surface area contributed by atoms with Crippen LogP contribution in [0.15, 0.2) is 71.6 Å². The Morgan fingerprint density at radius 2 is 1.45 bits per heavy atom. The topological polar surface area (TPSA) is 51.2 Å². The molecule has 2 atom stereocenters. The second kappa shape index (κ2) is 16.7.